The lowest BCUT2D eigenvalue weighted by molar-refractivity contribution is -0.142. The van der Waals surface area contributed by atoms with Crippen LogP contribution in [0.3, 0.4) is 0 Å². The van der Waals surface area contributed by atoms with Gasteiger partial charge in [0.2, 0.25) is 0 Å². The summed E-state index contributed by atoms with van der Waals surface area (Å²) in [5.41, 5.74) is 2.04. The number of carbonyl (C=O) groups is 1. The van der Waals surface area contributed by atoms with E-state index in [-0.39, 0.29) is 11.7 Å². The molecule has 140 valence electrons. The van der Waals surface area contributed by atoms with Gasteiger partial charge in [-0.25, -0.2) is 4.39 Å². The van der Waals surface area contributed by atoms with E-state index in [2.05, 4.69) is 24.2 Å². The Morgan fingerprint density at radius 3 is 2.64 bits per heavy atom. The van der Waals surface area contributed by atoms with Crippen molar-refractivity contribution in [2.24, 2.45) is 5.92 Å². The van der Waals surface area contributed by atoms with E-state index in [0.29, 0.717) is 12.6 Å². The molecule has 1 fully saturated rings. The van der Waals surface area contributed by atoms with Gasteiger partial charge >= 0.3 is 5.97 Å². The number of carboxylic acids is 1. The maximum Gasteiger partial charge on any atom is 0.306 e. The van der Waals surface area contributed by atoms with E-state index in [1.807, 2.05) is 6.07 Å². The second-order valence-electron chi connectivity index (χ2n) is 7.17. The van der Waals surface area contributed by atoms with Crippen molar-refractivity contribution >= 4 is 11.7 Å². The number of nitrogens with one attached hydrogen (secondary N) is 1. The number of anilines is 1. The van der Waals surface area contributed by atoms with E-state index in [0.717, 1.165) is 49.9 Å². The zero-order valence-corrected chi connectivity index (χ0v) is 15.4. The van der Waals surface area contributed by atoms with Crippen molar-refractivity contribution in [2.45, 2.75) is 64.5 Å². The lowest BCUT2D eigenvalue weighted by Crippen LogP contribution is -2.35. The molecule has 0 atom stereocenters. The van der Waals surface area contributed by atoms with Gasteiger partial charge in [-0.3, -0.25) is 4.79 Å². The molecule has 2 rings (SSSR count). The number of aliphatic carboxylic acids is 1. The Morgan fingerprint density at radius 1 is 1.28 bits per heavy atom. The molecule has 0 bridgehead atoms. The third kappa shape index (κ3) is 5.99. The molecule has 0 heterocycles. The average molecular weight is 350 g/mol. The standard InChI is InChI=1S/C20H31FN2O2/c1-3-4-5-12-23(2)19-11-8-17(21)13-16(19)14-22-18-9-6-15(7-10-18)20(24)25/h8,11,13,15,18,22H,3-7,9-10,12,14H2,1-2H3,(H,24,25). The third-order valence-electron chi connectivity index (χ3n) is 5.21. The van der Waals surface area contributed by atoms with E-state index in [1.165, 1.54) is 18.9 Å². The van der Waals surface area contributed by atoms with Crippen molar-refractivity contribution in [3.8, 4) is 0 Å². The van der Waals surface area contributed by atoms with Crippen LogP contribution in [0.25, 0.3) is 0 Å². The summed E-state index contributed by atoms with van der Waals surface area (Å²) in [6, 6.07) is 5.31. The normalized spacial score (nSPS) is 20.4. The first-order valence-corrected chi connectivity index (χ1v) is 9.47. The van der Waals surface area contributed by atoms with Gasteiger partial charge in [-0.2, -0.15) is 0 Å². The van der Waals surface area contributed by atoms with Crippen molar-refractivity contribution < 1.29 is 14.3 Å². The van der Waals surface area contributed by atoms with Gasteiger partial charge in [0.15, 0.2) is 0 Å². The Morgan fingerprint density at radius 2 is 2.00 bits per heavy atom. The molecular formula is C20H31FN2O2. The molecule has 1 saturated carbocycles. The van der Waals surface area contributed by atoms with Gasteiger partial charge in [0.05, 0.1) is 5.92 Å². The van der Waals surface area contributed by atoms with Crippen molar-refractivity contribution in [3.05, 3.63) is 29.6 Å². The van der Waals surface area contributed by atoms with Gasteiger partial charge in [-0.1, -0.05) is 19.8 Å². The molecular weight excluding hydrogens is 319 g/mol. The Labute approximate surface area is 150 Å². The first kappa shape index (κ1) is 19.7. The average Bonchev–Trinajstić information content (AvgIpc) is 2.60. The molecule has 5 heteroatoms. The fourth-order valence-corrected chi connectivity index (χ4v) is 3.59. The first-order chi connectivity index (χ1) is 12.0. The number of halogens is 1. The monoisotopic (exact) mass is 350 g/mol. The Balaban J connectivity index is 1.92. The molecule has 1 aliphatic rings. The van der Waals surface area contributed by atoms with E-state index in [4.69, 9.17) is 5.11 Å². The summed E-state index contributed by atoms with van der Waals surface area (Å²) >= 11 is 0. The molecule has 1 aromatic rings. The van der Waals surface area contributed by atoms with Crippen LogP contribution in [-0.2, 0) is 11.3 Å². The van der Waals surface area contributed by atoms with E-state index >= 15 is 0 Å². The summed E-state index contributed by atoms with van der Waals surface area (Å²) in [5, 5.41) is 12.6. The molecule has 1 aliphatic carbocycles. The van der Waals surface area contributed by atoms with Crippen LogP contribution >= 0.6 is 0 Å². The maximum atomic E-state index is 13.7. The van der Waals surface area contributed by atoms with E-state index < -0.39 is 5.97 Å². The summed E-state index contributed by atoms with van der Waals surface area (Å²) in [5.74, 6) is -1.09. The number of hydrogen-bond acceptors (Lipinski definition) is 3. The molecule has 2 N–H and O–H groups in total. The molecule has 1 aromatic carbocycles. The SMILES string of the molecule is CCCCCN(C)c1ccc(F)cc1CNC1CCC(C(=O)O)CC1. The summed E-state index contributed by atoms with van der Waals surface area (Å²) in [7, 11) is 2.06. The highest BCUT2D eigenvalue weighted by Gasteiger charge is 2.25. The van der Waals surface area contributed by atoms with Crippen LogP contribution in [0.5, 0.6) is 0 Å². The van der Waals surface area contributed by atoms with Gasteiger partial charge in [-0.05, 0) is 55.9 Å². The van der Waals surface area contributed by atoms with Crippen molar-refractivity contribution in [3.63, 3.8) is 0 Å². The van der Waals surface area contributed by atoms with Crippen LogP contribution in [0.1, 0.15) is 57.4 Å². The molecule has 0 amide bonds. The molecule has 25 heavy (non-hydrogen) atoms. The van der Waals surface area contributed by atoms with Crippen LogP contribution in [-0.4, -0.2) is 30.7 Å². The van der Waals surface area contributed by atoms with Crippen molar-refractivity contribution in [1.82, 2.24) is 5.32 Å². The second kappa shape index (κ2) is 9.76. The number of unbranched alkanes of at least 4 members (excludes halogenated alkanes) is 2. The molecule has 0 aliphatic heterocycles. The Hall–Kier alpha value is -1.62. The van der Waals surface area contributed by atoms with Gasteiger partial charge < -0.3 is 15.3 Å². The molecule has 0 unspecified atom stereocenters. The molecule has 0 aromatic heterocycles. The smallest absolute Gasteiger partial charge is 0.306 e. The predicted molar refractivity (Wildman–Crippen MR) is 99.4 cm³/mol. The molecule has 0 saturated heterocycles. The highest BCUT2D eigenvalue weighted by Crippen LogP contribution is 2.26. The van der Waals surface area contributed by atoms with Crippen molar-refractivity contribution in [1.29, 1.82) is 0 Å². The predicted octanol–water partition coefficient (Wildman–Crippen LogP) is 4.19. The summed E-state index contributed by atoms with van der Waals surface area (Å²) < 4.78 is 13.7. The quantitative estimate of drug-likeness (QED) is 0.656. The lowest BCUT2D eigenvalue weighted by atomic mass is 9.86. The van der Waals surface area contributed by atoms with Crippen LogP contribution in [0.4, 0.5) is 10.1 Å². The van der Waals surface area contributed by atoms with Gasteiger partial charge in [0.25, 0.3) is 0 Å². The fraction of sp³-hybridized carbons (Fsp3) is 0.650. The highest BCUT2D eigenvalue weighted by molar-refractivity contribution is 5.70. The van der Waals surface area contributed by atoms with E-state index in [9.17, 15) is 9.18 Å². The number of rotatable bonds is 9. The highest BCUT2D eigenvalue weighted by atomic mass is 19.1. The number of carboxylic acid groups (broad SMARTS) is 1. The second-order valence-corrected chi connectivity index (χ2v) is 7.17. The minimum atomic E-state index is -0.681. The maximum absolute atomic E-state index is 13.7. The van der Waals surface area contributed by atoms with Gasteiger partial charge in [0, 0.05) is 31.9 Å². The minimum absolute atomic E-state index is 0.201. The lowest BCUT2D eigenvalue weighted by Gasteiger charge is -2.28. The molecule has 0 radical (unpaired) electrons. The topological polar surface area (TPSA) is 52.6 Å². The minimum Gasteiger partial charge on any atom is -0.481 e. The van der Waals surface area contributed by atoms with Crippen LogP contribution in [0.2, 0.25) is 0 Å². The molecule has 0 spiro atoms. The number of nitrogens with zero attached hydrogens (tertiary/aromatic N) is 1. The van der Waals surface area contributed by atoms with Gasteiger partial charge in [-0.15, -0.1) is 0 Å². The fourth-order valence-electron chi connectivity index (χ4n) is 3.59. The number of hydrogen-bond donors (Lipinski definition) is 2. The first-order valence-electron chi connectivity index (χ1n) is 9.47. The summed E-state index contributed by atoms with van der Waals surface area (Å²) in [4.78, 5) is 13.2. The zero-order valence-electron chi connectivity index (χ0n) is 15.4. The zero-order chi connectivity index (χ0) is 18.2. The van der Waals surface area contributed by atoms with E-state index in [1.54, 1.807) is 6.07 Å². The summed E-state index contributed by atoms with van der Waals surface area (Å²) in [6.07, 6.45) is 6.70. The summed E-state index contributed by atoms with van der Waals surface area (Å²) in [6.45, 7) is 3.77. The Kier molecular flexibility index (Phi) is 7.69. The third-order valence-corrected chi connectivity index (χ3v) is 5.21. The Bertz CT molecular complexity index is 557. The van der Waals surface area contributed by atoms with Gasteiger partial charge in [0.1, 0.15) is 5.82 Å². The largest absolute Gasteiger partial charge is 0.481 e. The number of benzene rings is 1. The molecule has 4 nitrogen and oxygen atoms in total. The van der Waals surface area contributed by atoms with Crippen LogP contribution < -0.4 is 10.2 Å². The van der Waals surface area contributed by atoms with Crippen molar-refractivity contribution in [2.75, 3.05) is 18.5 Å². The van der Waals surface area contributed by atoms with Crippen LogP contribution in [0.15, 0.2) is 18.2 Å². The van der Waals surface area contributed by atoms with Crippen LogP contribution in [0, 0.1) is 11.7 Å².